The number of carbonyl (C=O) groups excluding carboxylic acids is 2. The summed E-state index contributed by atoms with van der Waals surface area (Å²) < 4.78 is 7.07. The fraction of sp³-hybridized carbons (Fsp3) is 0.130. The highest BCUT2D eigenvalue weighted by molar-refractivity contribution is 7.20. The first-order valence-corrected chi connectivity index (χ1v) is 10.1. The highest BCUT2D eigenvalue weighted by atomic mass is 32.1. The minimum atomic E-state index is -1.10. The lowest BCUT2D eigenvalue weighted by atomic mass is 10.00. The van der Waals surface area contributed by atoms with Crippen LogP contribution in [-0.4, -0.2) is 21.3 Å². The molecule has 2 heterocycles. The Morgan fingerprint density at radius 1 is 1.03 bits per heavy atom. The molecular weight excluding hydrogens is 400 g/mol. The van der Waals surface area contributed by atoms with Crippen LogP contribution in [0.4, 0.5) is 0 Å². The molecule has 0 aliphatic rings. The van der Waals surface area contributed by atoms with Crippen LogP contribution in [0, 0.1) is 6.92 Å². The predicted octanol–water partition coefficient (Wildman–Crippen LogP) is 4.08. The number of aromatic nitrogens is 2. The second-order valence-corrected chi connectivity index (χ2v) is 7.82. The van der Waals surface area contributed by atoms with Gasteiger partial charge in [-0.2, -0.15) is 0 Å². The van der Waals surface area contributed by atoms with Crippen LogP contribution in [0.2, 0.25) is 0 Å². The van der Waals surface area contributed by atoms with Gasteiger partial charge in [0.25, 0.3) is 5.56 Å². The Morgan fingerprint density at radius 2 is 1.67 bits per heavy atom. The van der Waals surface area contributed by atoms with Crippen LogP contribution < -0.4 is 5.56 Å². The third-order valence-corrected chi connectivity index (χ3v) is 6.00. The maximum Gasteiger partial charge on any atom is 0.349 e. The number of ketones is 1. The molecule has 0 fully saturated rings. The lowest BCUT2D eigenvalue weighted by Gasteiger charge is -2.17. The van der Waals surface area contributed by atoms with Crippen molar-refractivity contribution in [3.63, 3.8) is 0 Å². The van der Waals surface area contributed by atoms with Gasteiger partial charge in [0.05, 0.1) is 11.7 Å². The zero-order valence-corrected chi connectivity index (χ0v) is 17.2. The number of rotatable bonds is 5. The summed E-state index contributed by atoms with van der Waals surface area (Å²) in [5, 5.41) is 0.391. The van der Waals surface area contributed by atoms with Gasteiger partial charge < -0.3 is 9.30 Å². The van der Waals surface area contributed by atoms with Gasteiger partial charge in [-0.25, -0.2) is 9.78 Å². The largest absolute Gasteiger partial charge is 0.445 e. The molecule has 4 aromatic rings. The van der Waals surface area contributed by atoms with E-state index in [0.717, 1.165) is 11.3 Å². The van der Waals surface area contributed by atoms with Crippen LogP contribution in [0.25, 0.3) is 10.2 Å². The van der Waals surface area contributed by atoms with E-state index in [1.807, 2.05) is 12.1 Å². The van der Waals surface area contributed by atoms with E-state index in [1.165, 1.54) is 10.9 Å². The van der Waals surface area contributed by atoms with Crippen LogP contribution in [0.15, 0.2) is 71.8 Å². The molecule has 30 heavy (non-hydrogen) atoms. The van der Waals surface area contributed by atoms with E-state index in [2.05, 4.69) is 4.98 Å². The topological polar surface area (TPSA) is 78.3 Å². The first kappa shape index (κ1) is 19.7. The third kappa shape index (κ3) is 3.55. The number of nitrogens with zero attached hydrogens (tertiary/aromatic N) is 2. The summed E-state index contributed by atoms with van der Waals surface area (Å²) in [5.74, 6) is -0.973. The molecule has 0 aliphatic heterocycles. The minimum Gasteiger partial charge on any atom is -0.445 e. The summed E-state index contributed by atoms with van der Waals surface area (Å²) in [6.45, 7) is 1.69. The second kappa shape index (κ2) is 8.04. The number of Topliss-reactive ketones (excluding diaryl/α,β-unsaturated/α-hetero) is 1. The molecule has 0 radical (unpaired) electrons. The van der Waals surface area contributed by atoms with Gasteiger partial charge in [-0.1, -0.05) is 60.7 Å². The molecule has 0 N–H and O–H groups in total. The van der Waals surface area contributed by atoms with E-state index < -0.39 is 12.1 Å². The summed E-state index contributed by atoms with van der Waals surface area (Å²) in [7, 11) is 1.60. The van der Waals surface area contributed by atoms with Crippen molar-refractivity contribution >= 4 is 33.3 Å². The first-order chi connectivity index (χ1) is 14.5. The molecular formula is C23H18N2O4S. The molecule has 7 heteroatoms. The van der Waals surface area contributed by atoms with Crippen LogP contribution in [0.5, 0.6) is 0 Å². The van der Waals surface area contributed by atoms with Gasteiger partial charge >= 0.3 is 5.97 Å². The molecule has 2 aromatic heterocycles. The smallest absolute Gasteiger partial charge is 0.349 e. The molecule has 6 nitrogen and oxygen atoms in total. The van der Waals surface area contributed by atoms with Gasteiger partial charge in [-0.05, 0) is 12.5 Å². The number of fused-ring (bicyclic) bond motifs is 1. The van der Waals surface area contributed by atoms with Crippen molar-refractivity contribution in [3.8, 4) is 0 Å². The van der Waals surface area contributed by atoms with Gasteiger partial charge in [-0.3, -0.25) is 9.59 Å². The quantitative estimate of drug-likeness (QED) is 0.360. The number of benzene rings is 2. The van der Waals surface area contributed by atoms with E-state index in [9.17, 15) is 14.4 Å². The maximum atomic E-state index is 13.1. The Hall–Kier alpha value is -3.58. The van der Waals surface area contributed by atoms with Crippen molar-refractivity contribution in [2.24, 2.45) is 7.05 Å². The standard InChI is InChI=1S/C23H18N2O4S/c1-14-17-21(24-13-25(2)22(17)27)30-20(14)23(28)29-19(16-11-7-4-8-12-16)18(26)15-9-5-3-6-10-15/h3-13,19H,1-2H3/t19-/m0/s1. The second-order valence-electron chi connectivity index (χ2n) is 6.82. The van der Waals surface area contributed by atoms with Crippen molar-refractivity contribution in [1.29, 1.82) is 0 Å². The molecule has 150 valence electrons. The Bertz CT molecular complexity index is 1290. The summed E-state index contributed by atoms with van der Waals surface area (Å²) >= 11 is 1.09. The fourth-order valence-corrected chi connectivity index (χ4v) is 4.24. The summed E-state index contributed by atoms with van der Waals surface area (Å²) in [4.78, 5) is 43.6. The molecule has 0 saturated carbocycles. The zero-order chi connectivity index (χ0) is 21.3. The SMILES string of the molecule is Cc1c(C(=O)O[C@H](C(=O)c2ccccc2)c2ccccc2)sc2ncn(C)c(=O)c12. The van der Waals surface area contributed by atoms with Gasteiger partial charge in [0, 0.05) is 18.2 Å². The molecule has 4 rings (SSSR count). The monoisotopic (exact) mass is 418 g/mol. The molecule has 2 aromatic carbocycles. The highest BCUT2D eigenvalue weighted by Gasteiger charge is 2.29. The molecule has 0 spiro atoms. The zero-order valence-electron chi connectivity index (χ0n) is 16.4. The molecule has 0 aliphatic carbocycles. The molecule has 0 amide bonds. The Morgan fingerprint density at radius 3 is 2.33 bits per heavy atom. The minimum absolute atomic E-state index is 0.229. The van der Waals surface area contributed by atoms with Gasteiger partial charge in [0.2, 0.25) is 5.78 Å². The summed E-state index contributed by atoms with van der Waals surface area (Å²) in [6.07, 6.45) is 0.322. The number of aryl methyl sites for hydroxylation is 2. The molecule has 1 atom stereocenters. The van der Waals surface area contributed by atoms with Crippen molar-refractivity contribution in [2.45, 2.75) is 13.0 Å². The van der Waals surface area contributed by atoms with E-state index in [4.69, 9.17) is 4.74 Å². The summed E-state index contributed by atoms with van der Waals surface area (Å²) in [6, 6.07) is 17.6. The lowest BCUT2D eigenvalue weighted by molar-refractivity contribution is 0.0284. The first-order valence-electron chi connectivity index (χ1n) is 9.27. The van der Waals surface area contributed by atoms with Crippen molar-refractivity contribution in [2.75, 3.05) is 0 Å². The van der Waals surface area contributed by atoms with Crippen LogP contribution in [-0.2, 0) is 11.8 Å². The molecule has 0 unspecified atom stereocenters. The number of thiophene rings is 1. The van der Waals surface area contributed by atoms with E-state index in [0.29, 0.717) is 26.9 Å². The lowest BCUT2D eigenvalue weighted by Crippen LogP contribution is -2.20. The third-order valence-electron chi connectivity index (χ3n) is 4.82. The van der Waals surface area contributed by atoms with E-state index in [1.54, 1.807) is 62.5 Å². The number of ether oxygens (including phenoxy) is 1. The van der Waals surface area contributed by atoms with Crippen molar-refractivity contribution in [1.82, 2.24) is 9.55 Å². The number of carbonyl (C=O) groups is 2. The van der Waals surface area contributed by atoms with Crippen LogP contribution in [0.1, 0.15) is 37.3 Å². The van der Waals surface area contributed by atoms with Crippen molar-refractivity contribution < 1.29 is 14.3 Å². The van der Waals surface area contributed by atoms with Crippen molar-refractivity contribution in [3.05, 3.63) is 98.9 Å². The number of hydrogen-bond acceptors (Lipinski definition) is 6. The Balaban J connectivity index is 1.73. The normalized spacial score (nSPS) is 11.9. The van der Waals surface area contributed by atoms with Crippen LogP contribution in [0.3, 0.4) is 0 Å². The highest BCUT2D eigenvalue weighted by Crippen LogP contribution is 2.30. The van der Waals surface area contributed by atoms with Gasteiger partial charge in [0.15, 0.2) is 6.10 Å². The Labute approximate surface area is 176 Å². The number of esters is 1. The number of hydrogen-bond donors (Lipinski definition) is 0. The fourth-order valence-electron chi connectivity index (χ4n) is 3.22. The van der Waals surface area contributed by atoms with Crippen LogP contribution >= 0.6 is 11.3 Å². The van der Waals surface area contributed by atoms with Gasteiger partial charge in [-0.15, -0.1) is 11.3 Å². The molecule has 0 saturated heterocycles. The predicted molar refractivity (Wildman–Crippen MR) is 115 cm³/mol. The average molecular weight is 418 g/mol. The summed E-state index contributed by atoms with van der Waals surface area (Å²) in [5.41, 5.74) is 1.30. The maximum absolute atomic E-state index is 13.1. The molecule has 0 bridgehead atoms. The van der Waals surface area contributed by atoms with E-state index >= 15 is 0 Å². The Kier molecular flexibility index (Phi) is 5.29. The average Bonchev–Trinajstić information content (AvgIpc) is 3.12. The van der Waals surface area contributed by atoms with E-state index in [-0.39, 0.29) is 16.2 Å². The van der Waals surface area contributed by atoms with Gasteiger partial charge in [0.1, 0.15) is 9.71 Å².